The first-order valence-corrected chi connectivity index (χ1v) is 11.0. The number of nitrogens with two attached hydrogens (primary N) is 1. The van der Waals surface area contributed by atoms with Gasteiger partial charge in [0.05, 0.1) is 5.69 Å². The number of benzene rings is 1. The van der Waals surface area contributed by atoms with Gasteiger partial charge in [0.2, 0.25) is 0 Å². The molecule has 4 nitrogen and oxygen atoms in total. The number of carbonyl (C=O) groups is 1. The van der Waals surface area contributed by atoms with Gasteiger partial charge in [-0.2, -0.15) is 0 Å². The number of nitrogens with one attached hydrogen (secondary N) is 1. The molecule has 0 aliphatic heterocycles. The van der Waals surface area contributed by atoms with Crippen molar-refractivity contribution in [3.63, 3.8) is 0 Å². The predicted octanol–water partition coefficient (Wildman–Crippen LogP) is 4.85. The van der Waals surface area contributed by atoms with Crippen LogP contribution in [0.15, 0.2) is 30.3 Å². The standard InChI is InChI=1S/C23H27N3OS/c1-3-8-18-16-11-7-12-17(16)19-20(24)21(28-23(19)26-18)22(27)25-13-14(2)15-9-5-4-6-10-15/h4-6,9-10,14H,3,7-8,11-13,24H2,1-2H3,(H,25,27)/t14-/m1/s1. The first-order chi connectivity index (χ1) is 13.6. The highest BCUT2D eigenvalue weighted by molar-refractivity contribution is 7.21. The highest BCUT2D eigenvalue weighted by Gasteiger charge is 2.25. The number of pyridine rings is 1. The van der Waals surface area contributed by atoms with Crippen LogP contribution in [0.2, 0.25) is 0 Å². The molecule has 146 valence electrons. The van der Waals surface area contributed by atoms with Gasteiger partial charge in [0, 0.05) is 17.6 Å². The molecule has 1 amide bonds. The molecule has 3 N–H and O–H groups in total. The van der Waals surface area contributed by atoms with E-state index in [2.05, 4.69) is 31.3 Å². The number of fused-ring (bicyclic) bond motifs is 3. The van der Waals surface area contributed by atoms with E-state index < -0.39 is 0 Å². The molecule has 2 aromatic heterocycles. The first kappa shape index (κ1) is 18.9. The number of nitrogen functional groups attached to an aromatic ring is 1. The molecular weight excluding hydrogens is 366 g/mol. The van der Waals surface area contributed by atoms with Gasteiger partial charge >= 0.3 is 0 Å². The fourth-order valence-corrected chi connectivity index (χ4v) is 5.23. The molecule has 1 aromatic carbocycles. The number of aryl methyl sites for hydroxylation is 2. The van der Waals surface area contributed by atoms with E-state index in [0.29, 0.717) is 17.1 Å². The summed E-state index contributed by atoms with van der Waals surface area (Å²) in [7, 11) is 0. The van der Waals surface area contributed by atoms with Gasteiger partial charge in [-0.1, -0.05) is 50.6 Å². The summed E-state index contributed by atoms with van der Waals surface area (Å²) in [6, 6.07) is 10.2. The Morgan fingerprint density at radius 3 is 2.75 bits per heavy atom. The summed E-state index contributed by atoms with van der Waals surface area (Å²) in [6.07, 6.45) is 5.35. The largest absolute Gasteiger partial charge is 0.397 e. The van der Waals surface area contributed by atoms with Crippen LogP contribution in [0.4, 0.5) is 5.69 Å². The van der Waals surface area contributed by atoms with E-state index in [4.69, 9.17) is 10.7 Å². The molecular formula is C23H27N3OS. The minimum atomic E-state index is -0.0907. The molecule has 2 heterocycles. The lowest BCUT2D eigenvalue weighted by Crippen LogP contribution is -2.27. The lowest BCUT2D eigenvalue weighted by Gasteiger charge is -2.12. The number of thiophene rings is 1. The Labute approximate surface area is 170 Å². The minimum absolute atomic E-state index is 0.0907. The smallest absolute Gasteiger partial charge is 0.263 e. The number of amides is 1. The average Bonchev–Trinajstić information content (AvgIpc) is 3.31. The molecule has 0 radical (unpaired) electrons. The fourth-order valence-electron chi connectivity index (χ4n) is 4.17. The van der Waals surface area contributed by atoms with E-state index in [9.17, 15) is 4.79 Å². The molecule has 0 saturated carbocycles. The van der Waals surface area contributed by atoms with Crippen LogP contribution in [-0.4, -0.2) is 17.4 Å². The maximum absolute atomic E-state index is 12.9. The summed E-state index contributed by atoms with van der Waals surface area (Å²) in [4.78, 5) is 19.3. The van der Waals surface area contributed by atoms with Crippen molar-refractivity contribution in [2.45, 2.75) is 51.9 Å². The van der Waals surface area contributed by atoms with Gasteiger partial charge in [0.1, 0.15) is 9.71 Å². The Balaban J connectivity index is 1.60. The van der Waals surface area contributed by atoms with Crippen molar-refractivity contribution in [1.82, 2.24) is 10.3 Å². The van der Waals surface area contributed by atoms with Crippen molar-refractivity contribution in [2.24, 2.45) is 0 Å². The van der Waals surface area contributed by atoms with E-state index >= 15 is 0 Å². The summed E-state index contributed by atoms with van der Waals surface area (Å²) in [6.45, 7) is 4.89. The predicted molar refractivity (Wildman–Crippen MR) is 117 cm³/mol. The lowest BCUT2D eigenvalue weighted by molar-refractivity contribution is 0.0956. The van der Waals surface area contributed by atoms with Crippen LogP contribution in [0.5, 0.6) is 0 Å². The van der Waals surface area contributed by atoms with Crippen LogP contribution in [0.3, 0.4) is 0 Å². The summed E-state index contributed by atoms with van der Waals surface area (Å²) in [5, 5.41) is 4.10. The topological polar surface area (TPSA) is 68.0 Å². The number of anilines is 1. The van der Waals surface area contributed by atoms with Crippen molar-refractivity contribution in [2.75, 3.05) is 12.3 Å². The van der Waals surface area contributed by atoms with Crippen LogP contribution in [0, 0.1) is 0 Å². The molecule has 0 fully saturated rings. The van der Waals surface area contributed by atoms with Gasteiger partial charge in [-0.3, -0.25) is 4.79 Å². The fraction of sp³-hybridized carbons (Fsp3) is 0.391. The number of hydrogen-bond donors (Lipinski definition) is 2. The summed E-state index contributed by atoms with van der Waals surface area (Å²) in [5.41, 5.74) is 12.2. The van der Waals surface area contributed by atoms with Crippen LogP contribution in [0.1, 0.15) is 64.7 Å². The molecule has 0 bridgehead atoms. The van der Waals surface area contributed by atoms with Crippen LogP contribution < -0.4 is 11.1 Å². The van der Waals surface area contributed by atoms with Crippen LogP contribution >= 0.6 is 11.3 Å². The zero-order chi connectivity index (χ0) is 19.7. The highest BCUT2D eigenvalue weighted by Crippen LogP contribution is 2.40. The van der Waals surface area contributed by atoms with Gasteiger partial charge in [-0.25, -0.2) is 4.98 Å². The Bertz CT molecular complexity index is 1010. The molecule has 1 aliphatic rings. The summed E-state index contributed by atoms with van der Waals surface area (Å²) >= 11 is 1.44. The molecule has 0 saturated heterocycles. The van der Waals surface area contributed by atoms with Crippen molar-refractivity contribution < 1.29 is 4.79 Å². The van der Waals surface area contributed by atoms with Crippen molar-refractivity contribution >= 4 is 33.1 Å². The van der Waals surface area contributed by atoms with Crippen molar-refractivity contribution in [3.8, 4) is 0 Å². The minimum Gasteiger partial charge on any atom is -0.397 e. The van der Waals surface area contributed by atoms with E-state index in [0.717, 1.165) is 42.3 Å². The van der Waals surface area contributed by atoms with E-state index in [1.165, 1.54) is 33.7 Å². The third-order valence-electron chi connectivity index (χ3n) is 5.66. The Morgan fingerprint density at radius 1 is 1.25 bits per heavy atom. The van der Waals surface area contributed by atoms with Gasteiger partial charge in [-0.05, 0) is 48.3 Å². The lowest BCUT2D eigenvalue weighted by atomic mass is 10.0. The van der Waals surface area contributed by atoms with E-state index in [1.807, 2.05) is 18.2 Å². The zero-order valence-electron chi connectivity index (χ0n) is 16.5. The second-order valence-corrected chi connectivity index (χ2v) is 8.66. The third-order valence-corrected chi connectivity index (χ3v) is 6.76. The van der Waals surface area contributed by atoms with Gasteiger partial charge in [0.15, 0.2) is 0 Å². The average molecular weight is 394 g/mol. The number of rotatable bonds is 6. The zero-order valence-corrected chi connectivity index (χ0v) is 17.4. The summed E-state index contributed by atoms with van der Waals surface area (Å²) < 4.78 is 0. The van der Waals surface area contributed by atoms with Gasteiger partial charge in [0.25, 0.3) is 5.91 Å². The van der Waals surface area contributed by atoms with Crippen molar-refractivity contribution in [1.29, 1.82) is 0 Å². The first-order valence-electron chi connectivity index (χ1n) is 10.2. The Kier molecular flexibility index (Phi) is 5.36. The van der Waals surface area contributed by atoms with Crippen molar-refractivity contribution in [3.05, 3.63) is 57.6 Å². The maximum atomic E-state index is 12.9. The maximum Gasteiger partial charge on any atom is 0.263 e. The molecule has 0 unspecified atom stereocenters. The molecule has 0 spiro atoms. The van der Waals surface area contributed by atoms with Crippen LogP contribution in [0.25, 0.3) is 10.2 Å². The normalized spacial score (nSPS) is 14.2. The van der Waals surface area contributed by atoms with Crippen LogP contribution in [-0.2, 0) is 19.3 Å². The summed E-state index contributed by atoms with van der Waals surface area (Å²) in [5.74, 6) is 0.159. The van der Waals surface area contributed by atoms with Gasteiger partial charge in [-0.15, -0.1) is 11.3 Å². The molecule has 1 aliphatic carbocycles. The van der Waals surface area contributed by atoms with E-state index in [1.54, 1.807) is 0 Å². The molecule has 3 aromatic rings. The van der Waals surface area contributed by atoms with Gasteiger partial charge < -0.3 is 11.1 Å². The molecule has 1 atom stereocenters. The second kappa shape index (κ2) is 7.92. The highest BCUT2D eigenvalue weighted by atomic mass is 32.1. The third kappa shape index (κ3) is 3.39. The van der Waals surface area contributed by atoms with E-state index in [-0.39, 0.29) is 11.8 Å². The number of carbonyl (C=O) groups excluding carboxylic acids is 1. The molecule has 5 heteroatoms. The monoisotopic (exact) mass is 393 g/mol. The second-order valence-electron chi connectivity index (χ2n) is 7.67. The number of nitrogens with zero attached hydrogens (tertiary/aromatic N) is 1. The number of aromatic nitrogens is 1. The molecule has 28 heavy (non-hydrogen) atoms. The Morgan fingerprint density at radius 2 is 2.00 bits per heavy atom. The molecule has 4 rings (SSSR count). The Hall–Kier alpha value is -2.40. The number of hydrogen-bond acceptors (Lipinski definition) is 4. The SMILES string of the molecule is CCCc1nc2sc(C(=O)NC[C@@H](C)c3ccccc3)c(N)c2c2c1CCC2. The quantitative estimate of drug-likeness (QED) is 0.629.